The molecule has 1 fully saturated rings. The number of nitrogens with one attached hydrogen (secondary N) is 2. The van der Waals surface area contributed by atoms with E-state index in [0.717, 1.165) is 45.2 Å². The van der Waals surface area contributed by atoms with Crippen LogP contribution in [0.15, 0.2) is 18.2 Å². The maximum absolute atomic E-state index is 12.3. The molecule has 0 aromatic heterocycles. The molecule has 2 atom stereocenters. The number of aliphatic hydroxyl groups is 1. The minimum atomic E-state index is -0.396. The summed E-state index contributed by atoms with van der Waals surface area (Å²) < 4.78 is 0. The molecule has 1 aliphatic carbocycles. The molecule has 0 spiro atoms. The van der Waals surface area contributed by atoms with Crippen LogP contribution in [-0.4, -0.2) is 29.7 Å². The molecule has 0 bridgehead atoms. The monoisotopic (exact) mass is 274 g/mol. The first-order valence-electron chi connectivity index (χ1n) is 7.55. The number of fused-ring (bicyclic) bond motifs is 1. The van der Waals surface area contributed by atoms with Crippen molar-refractivity contribution < 1.29 is 9.90 Å². The molecular weight excluding hydrogens is 252 g/mol. The summed E-state index contributed by atoms with van der Waals surface area (Å²) in [6, 6.07) is 5.84. The van der Waals surface area contributed by atoms with E-state index >= 15 is 0 Å². The zero-order valence-electron chi connectivity index (χ0n) is 11.7. The largest absolute Gasteiger partial charge is 0.391 e. The van der Waals surface area contributed by atoms with Crippen molar-refractivity contribution in [2.45, 2.75) is 50.8 Å². The number of carbonyl (C=O) groups is 1. The van der Waals surface area contributed by atoms with Crippen molar-refractivity contribution in [2.75, 3.05) is 6.54 Å². The first kappa shape index (κ1) is 13.6. The zero-order valence-corrected chi connectivity index (χ0v) is 11.7. The van der Waals surface area contributed by atoms with Crippen LogP contribution in [0.25, 0.3) is 0 Å². The van der Waals surface area contributed by atoms with Gasteiger partial charge in [0.15, 0.2) is 0 Å². The van der Waals surface area contributed by atoms with Crippen molar-refractivity contribution in [1.29, 1.82) is 0 Å². The predicted molar refractivity (Wildman–Crippen MR) is 77.6 cm³/mol. The lowest BCUT2D eigenvalue weighted by Gasteiger charge is -2.28. The molecule has 1 aromatic rings. The predicted octanol–water partition coefficient (Wildman–Crippen LogP) is 1.37. The Balaban J connectivity index is 1.70. The van der Waals surface area contributed by atoms with Gasteiger partial charge in [0.1, 0.15) is 0 Å². The van der Waals surface area contributed by atoms with Crippen LogP contribution >= 0.6 is 0 Å². The summed E-state index contributed by atoms with van der Waals surface area (Å²) >= 11 is 0. The van der Waals surface area contributed by atoms with Gasteiger partial charge in [0.2, 0.25) is 0 Å². The summed E-state index contributed by atoms with van der Waals surface area (Å²) in [5.41, 5.74) is 3.25. The van der Waals surface area contributed by atoms with Crippen molar-refractivity contribution in [1.82, 2.24) is 10.6 Å². The summed E-state index contributed by atoms with van der Waals surface area (Å²) in [5, 5.41) is 16.2. The molecule has 108 valence electrons. The summed E-state index contributed by atoms with van der Waals surface area (Å²) in [6.45, 7) is 1.84. The Labute approximate surface area is 119 Å². The normalized spacial score (nSPS) is 25.9. The Bertz CT molecular complexity index is 501. The smallest absolute Gasteiger partial charge is 0.251 e. The number of carbonyl (C=O) groups excluding carboxylic acids is 1. The Morgan fingerprint density at radius 3 is 2.95 bits per heavy atom. The second kappa shape index (κ2) is 5.94. The van der Waals surface area contributed by atoms with E-state index in [4.69, 9.17) is 0 Å². The lowest BCUT2D eigenvalue weighted by atomic mass is 9.92. The van der Waals surface area contributed by atoms with Gasteiger partial charge in [-0.05, 0) is 49.1 Å². The van der Waals surface area contributed by atoms with Gasteiger partial charge in [0, 0.05) is 12.1 Å². The van der Waals surface area contributed by atoms with E-state index in [1.54, 1.807) is 0 Å². The van der Waals surface area contributed by atoms with Crippen LogP contribution < -0.4 is 10.6 Å². The molecule has 20 heavy (non-hydrogen) atoms. The van der Waals surface area contributed by atoms with E-state index in [-0.39, 0.29) is 11.9 Å². The number of hydrogen-bond donors (Lipinski definition) is 3. The highest BCUT2D eigenvalue weighted by atomic mass is 16.3. The van der Waals surface area contributed by atoms with E-state index in [1.807, 2.05) is 12.1 Å². The molecule has 2 unspecified atom stereocenters. The molecule has 4 heteroatoms. The Hall–Kier alpha value is -1.39. The van der Waals surface area contributed by atoms with E-state index in [0.29, 0.717) is 5.56 Å². The highest BCUT2D eigenvalue weighted by molar-refractivity contribution is 5.94. The van der Waals surface area contributed by atoms with Crippen LogP contribution in [0.2, 0.25) is 0 Å². The first-order valence-corrected chi connectivity index (χ1v) is 7.55. The second-order valence-corrected chi connectivity index (χ2v) is 5.84. The molecule has 1 heterocycles. The fourth-order valence-electron chi connectivity index (χ4n) is 3.15. The molecule has 0 radical (unpaired) electrons. The lowest BCUT2D eigenvalue weighted by molar-refractivity contribution is 0.0717. The average molecular weight is 274 g/mol. The number of amides is 1. The van der Waals surface area contributed by atoms with Gasteiger partial charge in [0.05, 0.1) is 12.1 Å². The number of rotatable bonds is 2. The maximum atomic E-state index is 12.3. The third-order valence-corrected chi connectivity index (χ3v) is 4.40. The van der Waals surface area contributed by atoms with Gasteiger partial charge in [0.25, 0.3) is 5.91 Å². The van der Waals surface area contributed by atoms with Crippen molar-refractivity contribution in [3.63, 3.8) is 0 Å². The maximum Gasteiger partial charge on any atom is 0.251 e. The van der Waals surface area contributed by atoms with Crippen LogP contribution in [0, 0.1) is 0 Å². The Morgan fingerprint density at radius 1 is 1.25 bits per heavy atom. The standard InChI is InChI=1S/C16H22N2O2/c19-15-4-2-1-3-14(15)18-16(20)12-6-5-11-7-8-17-10-13(11)9-12/h5-6,9,14-15,17,19H,1-4,7-8,10H2,(H,18,20). The molecule has 1 saturated carbocycles. The van der Waals surface area contributed by atoms with E-state index in [2.05, 4.69) is 16.7 Å². The fourth-order valence-corrected chi connectivity index (χ4v) is 3.15. The van der Waals surface area contributed by atoms with Crippen molar-refractivity contribution in [3.8, 4) is 0 Å². The molecular formula is C16H22N2O2. The molecule has 1 aromatic carbocycles. The molecule has 1 aliphatic heterocycles. The van der Waals surface area contributed by atoms with Gasteiger partial charge < -0.3 is 15.7 Å². The van der Waals surface area contributed by atoms with Crippen LogP contribution in [0.1, 0.15) is 47.2 Å². The lowest BCUT2D eigenvalue weighted by Crippen LogP contribution is -2.45. The fraction of sp³-hybridized carbons (Fsp3) is 0.562. The van der Waals surface area contributed by atoms with Crippen LogP contribution in [-0.2, 0) is 13.0 Å². The Kier molecular flexibility index (Phi) is 4.03. The first-order chi connectivity index (χ1) is 9.74. The van der Waals surface area contributed by atoms with E-state index in [9.17, 15) is 9.90 Å². The van der Waals surface area contributed by atoms with Gasteiger partial charge in [-0.15, -0.1) is 0 Å². The highest BCUT2D eigenvalue weighted by Gasteiger charge is 2.25. The van der Waals surface area contributed by atoms with Crippen LogP contribution in [0.5, 0.6) is 0 Å². The minimum absolute atomic E-state index is 0.0654. The molecule has 2 aliphatic rings. The topological polar surface area (TPSA) is 61.4 Å². The quantitative estimate of drug-likeness (QED) is 0.763. The molecule has 1 amide bonds. The summed E-state index contributed by atoms with van der Waals surface area (Å²) in [4.78, 5) is 12.3. The van der Waals surface area contributed by atoms with Gasteiger partial charge in [-0.2, -0.15) is 0 Å². The van der Waals surface area contributed by atoms with Crippen molar-refractivity contribution in [2.24, 2.45) is 0 Å². The molecule has 0 saturated heterocycles. The average Bonchev–Trinajstić information content (AvgIpc) is 2.49. The van der Waals surface area contributed by atoms with Gasteiger partial charge in [-0.25, -0.2) is 0 Å². The Morgan fingerprint density at radius 2 is 2.10 bits per heavy atom. The third-order valence-electron chi connectivity index (χ3n) is 4.40. The second-order valence-electron chi connectivity index (χ2n) is 5.84. The van der Waals surface area contributed by atoms with Crippen molar-refractivity contribution in [3.05, 3.63) is 34.9 Å². The number of aliphatic hydroxyl groups excluding tert-OH is 1. The van der Waals surface area contributed by atoms with Crippen LogP contribution in [0.4, 0.5) is 0 Å². The van der Waals surface area contributed by atoms with E-state index in [1.165, 1.54) is 11.1 Å². The summed E-state index contributed by atoms with van der Waals surface area (Å²) in [7, 11) is 0. The van der Waals surface area contributed by atoms with Gasteiger partial charge in [-0.3, -0.25) is 4.79 Å². The zero-order chi connectivity index (χ0) is 13.9. The SMILES string of the molecule is O=C(NC1CCCCC1O)c1ccc2c(c1)CNCC2. The number of benzene rings is 1. The summed E-state index contributed by atoms with van der Waals surface area (Å²) in [6.07, 6.45) is 4.43. The highest BCUT2D eigenvalue weighted by Crippen LogP contribution is 2.20. The number of hydrogen-bond acceptors (Lipinski definition) is 3. The molecule has 4 nitrogen and oxygen atoms in total. The van der Waals surface area contributed by atoms with Crippen LogP contribution in [0.3, 0.4) is 0 Å². The van der Waals surface area contributed by atoms with E-state index < -0.39 is 6.10 Å². The third kappa shape index (κ3) is 2.86. The molecule has 3 rings (SSSR count). The van der Waals surface area contributed by atoms with Gasteiger partial charge in [-0.1, -0.05) is 18.9 Å². The van der Waals surface area contributed by atoms with Crippen molar-refractivity contribution >= 4 is 5.91 Å². The minimum Gasteiger partial charge on any atom is -0.391 e. The summed E-state index contributed by atoms with van der Waals surface area (Å²) in [5.74, 6) is -0.0654. The van der Waals surface area contributed by atoms with Gasteiger partial charge >= 0.3 is 0 Å². The molecule has 3 N–H and O–H groups in total.